The van der Waals surface area contributed by atoms with Crippen molar-refractivity contribution in [3.8, 4) is 61.4 Å². The van der Waals surface area contributed by atoms with Crippen molar-refractivity contribution in [3.63, 3.8) is 0 Å². The van der Waals surface area contributed by atoms with Gasteiger partial charge < -0.3 is 4.74 Å². The van der Waals surface area contributed by atoms with Crippen molar-refractivity contribution in [3.05, 3.63) is 139 Å². The average Bonchev–Trinajstić information content (AvgIpc) is 3.49. The second-order valence-corrected chi connectivity index (χ2v) is 13.4. The molecule has 7 aromatic carbocycles. The summed E-state index contributed by atoms with van der Waals surface area (Å²) in [6, 6.07) is 47.3. The van der Waals surface area contributed by atoms with Crippen LogP contribution in [0.4, 0.5) is 0 Å². The smallest absolute Gasteiger partial charge is 0.120 e. The van der Waals surface area contributed by atoms with E-state index in [0.717, 1.165) is 5.75 Å². The van der Waals surface area contributed by atoms with Crippen LogP contribution in [0.3, 0.4) is 0 Å². The second kappa shape index (κ2) is 9.43. The Morgan fingerprint density at radius 1 is 0.489 bits per heavy atom. The van der Waals surface area contributed by atoms with Crippen LogP contribution >= 0.6 is 0 Å². The fraction of sp³-hybridized carbons (Fsp3) is 0.136. The predicted octanol–water partition coefficient (Wildman–Crippen LogP) is 12.1. The molecule has 0 aliphatic heterocycles. The molecule has 0 amide bonds. The van der Waals surface area contributed by atoms with Crippen LogP contribution in [0.2, 0.25) is 0 Å². The van der Waals surface area contributed by atoms with Gasteiger partial charge in [0.25, 0.3) is 0 Å². The Bertz CT molecular complexity index is 2320. The lowest BCUT2D eigenvalue weighted by atomic mass is 9.78. The lowest BCUT2D eigenvalue weighted by Crippen LogP contribution is -2.15. The Balaban J connectivity index is 1.47. The van der Waals surface area contributed by atoms with Crippen molar-refractivity contribution < 1.29 is 4.74 Å². The van der Waals surface area contributed by atoms with Crippen molar-refractivity contribution in [1.82, 2.24) is 0 Å². The maximum atomic E-state index is 6.18. The predicted molar refractivity (Wildman–Crippen MR) is 190 cm³/mol. The molecule has 1 nitrogen and oxygen atoms in total. The average molecular weight is 579 g/mol. The van der Waals surface area contributed by atoms with Gasteiger partial charge in [-0.3, -0.25) is 0 Å². The number of benzene rings is 7. The van der Waals surface area contributed by atoms with Crippen LogP contribution in [0.5, 0.6) is 5.75 Å². The van der Waals surface area contributed by atoms with Crippen LogP contribution in [-0.2, 0) is 5.41 Å². The molecule has 0 heterocycles. The van der Waals surface area contributed by atoms with E-state index in [1.165, 1.54) is 88.3 Å². The van der Waals surface area contributed by atoms with Gasteiger partial charge in [-0.25, -0.2) is 0 Å². The van der Waals surface area contributed by atoms with Gasteiger partial charge in [-0.2, -0.15) is 0 Å². The third-order valence-electron chi connectivity index (χ3n) is 10.0. The van der Waals surface area contributed by atoms with E-state index in [2.05, 4.69) is 155 Å². The summed E-state index contributed by atoms with van der Waals surface area (Å²) < 4.78 is 6.18. The Labute approximate surface area is 264 Å². The summed E-state index contributed by atoms with van der Waals surface area (Å²) >= 11 is 0. The highest BCUT2D eigenvalue weighted by atomic mass is 16.5. The lowest BCUT2D eigenvalue weighted by molar-refractivity contribution is 0.242. The molecule has 0 radical (unpaired) electrons. The molecule has 1 heteroatoms. The normalized spacial score (nSPS) is 13.7. The second-order valence-electron chi connectivity index (χ2n) is 13.4. The molecule has 0 bridgehead atoms. The van der Waals surface area contributed by atoms with E-state index >= 15 is 0 Å². The maximum absolute atomic E-state index is 6.18. The van der Waals surface area contributed by atoms with E-state index in [4.69, 9.17) is 4.74 Å². The Morgan fingerprint density at radius 3 is 1.62 bits per heavy atom. The third kappa shape index (κ3) is 3.68. The minimum Gasteiger partial charge on any atom is -0.491 e. The molecule has 0 spiro atoms. The van der Waals surface area contributed by atoms with Crippen molar-refractivity contribution in [2.45, 2.75) is 39.2 Å². The Kier molecular flexibility index (Phi) is 5.51. The molecule has 0 aromatic heterocycles. The summed E-state index contributed by atoms with van der Waals surface area (Å²) in [6.07, 6.45) is 0.133. The first-order valence-electron chi connectivity index (χ1n) is 16.0. The SMILES string of the molecule is CC(C)Oc1ccc2c(c1)C(C)(C)c1cc3c(-c4ccccc4)c4c(c(-c5ccccc5)c3cc1-2)-c1cccc2cccc-4c12. The molecule has 0 fully saturated rings. The number of rotatable bonds is 4. The van der Waals surface area contributed by atoms with Gasteiger partial charge >= 0.3 is 0 Å². The standard InChI is InChI=1S/C44H34O/c1-26(2)45-30-21-22-31-34-24-35-36(25-38(34)44(3,4)37(31)23-30)41(29-15-9-6-10-16-29)43-33-20-12-18-27-17-11-19-32(39(27)33)42(43)40(35)28-13-7-5-8-14-28/h5-26H,1-4H3. The molecule has 0 N–H and O–H groups in total. The fourth-order valence-corrected chi connectivity index (χ4v) is 8.14. The first kappa shape index (κ1) is 26.3. The molecule has 2 aliphatic rings. The van der Waals surface area contributed by atoms with Gasteiger partial charge in [0.15, 0.2) is 0 Å². The first-order chi connectivity index (χ1) is 21.9. The van der Waals surface area contributed by atoms with E-state index in [9.17, 15) is 0 Å². The van der Waals surface area contributed by atoms with Crippen LogP contribution in [-0.4, -0.2) is 6.10 Å². The van der Waals surface area contributed by atoms with Crippen molar-refractivity contribution >= 4 is 21.5 Å². The van der Waals surface area contributed by atoms with Crippen LogP contribution in [0, 0.1) is 0 Å². The molecular formula is C44H34O. The molecule has 0 atom stereocenters. The molecule has 2 aliphatic carbocycles. The fourth-order valence-electron chi connectivity index (χ4n) is 8.14. The minimum atomic E-state index is -0.169. The number of hydrogen-bond donors (Lipinski definition) is 0. The highest BCUT2D eigenvalue weighted by Crippen LogP contribution is 2.59. The van der Waals surface area contributed by atoms with Crippen molar-refractivity contribution in [2.24, 2.45) is 0 Å². The topological polar surface area (TPSA) is 9.23 Å². The van der Waals surface area contributed by atoms with Gasteiger partial charge in [-0.15, -0.1) is 0 Å². The van der Waals surface area contributed by atoms with E-state index in [-0.39, 0.29) is 11.5 Å². The van der Waals surface area contributed by atoms with Gasteiger partial charge in [-0.05, 0) is 126 Å². The van der Waals surface area contributed by atoms with Gasteiger partial charge in [0.2, 0.25) is 0 Å². The maximum Gasteiger partial charge on any atom is 0.120 e. The van der Waals surface area contributed by atoms with E-state index in [0.29, 0.717) is 0 Å². The molecule has 0 saturated heterocycles. The van der Waals surface area contributed by atoms with Crippen LogP contribution in [0.1, 0.15) is 38.8 Å². The van der Waals surface area contributed by atoms with Crippen LogP contribution < -0.4 is 4.74 Å². The molecule has 9 rings (SSSR count). The monoisotopic (exact) mass is 578 g/mol. The lowest BCUT2D eigenvalue weighted by Gasteiger charge is -2.25. The number of ether oxygens (including phenoxy) is 1. The largest absolute Gasteiger partial charge is 0.491 e. The van der Waals surface area contributed by atoms with Gasteiger partial charge in [0.1, 0.15) is 5.75 Å². The van der Waals surface area contributed by atoms with E-state index < -0.39 is 0 Å². The summed E-state index contributed by atoms with van der Waals surface area (Å²) in [5.74, 6) is 0.938. The highest BCUT2D eigenvalue weighted by Gasteiger charge is 2.38. The van der Waals surface area contributed by atoms with Crippen LogP contribution in [0.25, 0.3) is 77.2 Å². The Morgan fingerprint density at radius 2 is 1.04 bits per heavy atom. The first-order valence-corrected chi connectivity index (χ1v) is 16.0. The quantitative estimate of drug-likeness (QED) is 0.202. The molecule has 7 aromatic rings. The zero-order chi connectivity index (χ0) is 30.4. The highest BCUT2D eigenvalue weighted by molar-refractivity contribution is 6.28. The minimum absolute atomic E-state index is 0.133. The number of hydrogen-bond acceptors (Lipinski definition) is 1. The van der Waals surface area contributed by atoms with Gasteiger partial charge in [0.05, 0.1) is 6.10 Å². The summed E-state index contributed by atoms with van der Waals surface area (Å²) in [4.78, 5) is 0. The molecule has 216 valence electrons. The van der Waals surface area contributed by atoms with E-state index in [1.54, 1.807) is 0 Å². The Hall–Kier alpha value is -5.14. The van der Waals surface area contributed by atoms with Gasteiger partial charge in [-0.1, -0.05) is 117 Å². The zero-order valence-corrected chi connectivity index (χ0v) is 26.1. The molecule has 0 unspecified atom stereocenters. The molecular weight excluding hydrogens is 544 g/mol. The molecule has 0 saturated carbocycles. The van der Waals surface area contributed by atoms with E-state index in [1.807, 2.05) is 0 Å². The molecule has 45 heavy (non-hydrogen) atoms. The van der Waals surface area contributed by atoms with Crippen LogP contribution in [0.15, 0.2) is 127 Å². The van der Waals surface area contributed by atoms with Crippen molar-refractivity contribution in [2.75, 3.05) is 0 Å². The third-order valence-corrected chi connectivity index (χ3v) is 10.0. The van der Waals surface area contributed by atoms with Gasteiger partial charge in [0, 0.05) is 5.41 Å². The summed E-state index contributed by atoms with van der Waals surface area (Å²) in [5, 5.41) is 5.26. The number of fused-ring (bicyclic) bond motifs is 7. The summed E-state index contributed by atoms with van der Waals surface area (Å²) in [5.41, 5.74) is 15.7. The zero-order valence-electron chi connectivity index (χ0n) is 26.1. The summed E-state index contributed by atoms with van der Waals surface area (Å²) in [6.45, 7) is 8.92. The summed E-state index contributed by atoms with van der Waals surface area (Å²) in [7, 11) is 0. The van der Waals surface area contributed by atoms with Crippen molar-refractivity contribution in [1.29, 1.82) is 0 Å².